The second-order valence-electron chi connectivity index (χ2n) is 7.95. The van der Waals surface area contributed by atoms with Crippen LogP contribution in [0.25, 0.3) is 21.3 Å². The van der Waals surface area contributed by atoms with Crippen molar-refractivity contribution in [1.82, 2.24) is 9.55 Å². The zero-order chi connectivity index (χ0) is 24.6. The third kappa shape index (κ3) is 4.46. The molecule has 2 heterocycles. The van der Waals surface area contributed by atoms with E-state index in [0.29, 0.717) is 20.9 Å². The Kier molecular flexibility index (Phi) is 6.54. The maximum absolute atomic E-state index is 13.2. The summed E-state index contributed by atoms with van der Waals surface area (Å²) in [6.07, 6.45) is 0. The van der Waals surface area contributed by atoms with E-state index < -0.39 is 10.8 Å². The van der Waals surface area contributed by atoms with Crippen LogP contribution in [0.3, 0.4) is 0 Å². The molecule has 4 aromatic rings. The highest BCUT2D eigenvalue weighted by atomic mass is 32.2. The first-order chi connectivity index (χ1) is 16.2. The van der Waals surface area contributed by atoms with Crippen molar-refractivity contribution in [3.8, 4) is 11.1 Å². The first kappa shape index (κ1) is 23.7. The molecule has 0 aliphatic heterocycles. The van der Waals surface area contributed by atoms with Crippen LogP contribution < -0.4 is 10.9 Å². The molecule has 0 saturated carbocycles. The van der Waals surface area contributed by atoms with Gasteiger partial charge in [-0.1, -0.05) is 42.1 Å². The molecule has 8 nitrogen and oxygen atoms in total. The molecule has 1 N–H and O–H groups in total. The SMILES string of the molecule is Cc1ccc(-c2csc3nc(SCC(=O)Nc4c(C)cccc4[N+](=O)[O-])n(C)c(=O)c23)cc1C. The zero-order valence-electron chi connectivity index (χ0n) is 19.0. The summed E-state index contributed by atoms with van der Waals surface area (Å²) in [6, 6.07) is 10.7. The number of benzene rings is 2. The molecule has 0 saturated heterocycles. The third-order valence-electron chi connectivity index (χ3n) is 5.64. The number of nitro groups is 1. The van der Waals surface area contributed by atoms with Crippen LogP contribution in [0.4, 0.5) is 11.4 Å². The number of hydrogen-bond acceptors (Lipinski definition) is 7. The molecule has 0 spiro atoms. The Morgan fingerprint density at radius 3 is 2.65 bits per heavy atom. The Balaban J connectivity index is 1.59. The number of hydrogen-bond donors (Lipinski definition) is 1. The number of nitro benzene ring substituents is 1. The summed E-state index contributed by atoms with van der Waals surface area (Å²) in [7, 11) is 1.63. The highest BCUT2D eigenvalue weighted by molar-refractivity contribution is 7.99. The first-order valence-electron chi connectivity index (χ1n) is 10.4. The fourth-order valence-corrected chi connectivity index (χ4v) is 5.34. The van der Waals surface area contributed by atoms with Gasteiger partial charge in [0.2, 0.25) is 5.91 Å². The average molecular weight is 495 g/mol. The fraction of sp³-hybridized carbons (Fsp3) is 0.208. The Labute approximate surface area is 203 Å². The Morgan fingerprint density at radius 2 is 1.94 bits per heavy atom. The van der Waals surface area contributed by atoms with Crippen LogP contribution in [0.15, 0.2) is 51.7 Å². The maximum Gasteiger partial charge on any atom is 0.293 e. The minimum atomic E-state index is -0.529. The van der Waals surface area contributed by atoms with Gasteiger partial charge < -0.3 is 5.32 Å². The molecular formula is C24H22N4O4S2. The van der Waals surface area contributed by atoms with Crippen molar-refractivity contribution in [2.45, 2.75) is 25.9 Å². The van der Waals surface area contributed by atoms with Crippen molar-refractivity contribution in [2.75, 3.05) is 11.1 Å². The normalized spacial score (nSPS) is 11.1. The van der Waals surface area contributed by atoms with Crippen LogP contribution in [0.2, 0.25) is 0 Å². The summed E-state index contributed by atoms with van der Waals surface area (Å²) in [4.78, 5) is 41.7. The van der Waals surface area contributed by atoms with E-state index in [1.807, 2.05) is 31.4 Å². The molecule has 34 heavy (non-hydrogen) atoms. The standard InChI is InChI=1S/C24H22N4O4S2/c1-13-8-9-16(10-15(13)3)17-11-33-22-20(17)23(30)27(4)24(26-22)34-12-19(29)25-21-14(2)6-5-7-18(21)28(31)32/h5-11H,12H2,1-4H3,(H,25,29). The molecule has 174 valence electrons. The summed E-state index contributed by atoms with van der Waals surface area (Å²) >= 11 is 2.50. The van der Waals surface area contributed by atoms with Crippen molar-refractivity contribution in [1.29, 1.82) is 0 Å². The minimum Gasteiger partial charge on any atom is -0.319 e. The molecule has 0 bridgehead atoms. The van der Waals surface area contributed by atoms with E-state index in [9.17, 15) is 19.7 Å². The molecule has 2 aromatic heterocycles. The van der Waals surface area contributed by atoms with Crippen LogP contribution >= 0.6 is 23.1 Å². The van der Waals surface area contributed by atoms with Crippen molar-refractivity contribution < 1.29 is 9.72 Å². The highest BCUT2D eigenvalue weighted by Crippen LogP contribution is 2.33. The molecule has 0 aliphatic rings. The van der Waals surface area contributed by atoms with Crippen LogP contribution in [-0.4, -0.2) is 26.1 Å². The van der Waals surface area contributed by atoms with Crippen molar-refractivity contribution >= 4 is 50.6 Å². The Morgan fingerprint density at radius 1 is 1.18 bits per heavy atom. The number of aromatic nitrogens is 2. The number of carbonyl (C=O) groups excluding carboxylic acids is 1. The smallest absolute Gasteiger partial charge is 0.293 e. The van der Waals surface area contributed by atoms with Gasteiger partial charge in [-0.15, -0.1) is 11.3 Å². The molecule has 0 radical (unpaired) electrons. The van der Waals surface area contributed by atoms with Crippen LogP contribution in [0, 0.1) is 30.9 Å². The number of rotatable bonds is 6. The summed E-state index contributed by atoms with van der Waals surface area (Å²) in [5.74, 6) is -0.467. The molecule has 1 amide bonds. The van der Waals surface area contributed by atoms with Crippen molar-refractivity contribution in [3.05, 3.63) is 78.9 Å². The van der Waals surface area contributed by atoms with Gasteiger partial charge in [0.1, 0.15) is 10.5 Å². The van der Waals surface area contributed by atoms with Gasteiger partial charge in [0.25, 0.3) is 11.2 Å². The number of para-hydroxylation sites is 1. The van der Waals surface area contributed by atoms with E-state index in [-0.39, 0.29) is 22.7 Å². The summed E-state index contributed by atoms with van der Waals surface area (Å²) in [6.45, 7) is 5.77. The van der Waals surface area contributed by atoms with Gasteiger partial charge in [0.05, 0.1) is 16.1 Å². The van der Waals surface area contributed by atoms with E-state index in [0.717, 1.165) is 28.5 Å². The molecule has 10 heteroatoms. The highest BCUT2D eigenvalue weighted by Gasteiger charge is 2.20. The third-order valence-corrected chi connectivity index (χ3v) is 7.54. The number of aryl methyl sites for hydroxylation is 3. The number of amides is 1. The molecule has 0 fully saturated rings. The molecule has 4 rings (SSSR count). The van der Waals surface area contributed by atoms with E-state index in [1.165, 1.54) is 27.5 Å². The summed E-state index contributed by atoms with van der Waals surface area (Å²) in [5, 5.41) is 16.8. The van der Waals surface area contributed by atoms with Crippen LogP contribution in [0.1, 0.15) is 16.7 Å². The van der Waals surface area contributed by atoms with Gasteiger partial charge in [-0.05, 0) is 43.0 Å². The molecule has 0 atom stereocenters. The number of anilines is 1. The Hall–Kier alpha value is -3.50. The van der Waals surface area contributed by atoms with Gasteiger partial charge >= 0.3 is 0 Å². The summed E-state index contributed by atoms with van der Waals surface area (Å²) in [5.41, 5.74) is 4.56. The number of thiophene rings is 1. The van der Waals surface area contributed by atoms with Gasteiger partial charge in [-0.3, -0.25) is 24.3 Å². The van der Waals surface area contributed by atoms with E-state index >= 15 is 0 Å². The lowest BCUT2D eigenvalue weighted by atomic mass is 10.0. The van der Waals surface area contributed by atoms with Gasteiger partial charge in [0, 0.05) is 24.1 Å². The topological polar surface area (TPSA) is 107 Å². The lowest BCUT2D eigenvalue weighted by Gasteiger charge is -2.10. The first-order valence-corrected chi connectivity index (χ1v) is 12.3. The predicted octanol–water partition coefficient (Wildman–Crippen LogP) is 5.23. The molecule has 0 aliphatic carbocycles. The zero-order valence-corrected chi connectivity index (χ0v) is 20.7. The minimum absolute atomic E-state index is 0.0489. The summed E-state index contributed by atoms with van der Waals surface area (Å²) < 4.78 is 1.44. The largest absolute Gasteiger partial charge is 0.319 e. The molecule has 2 aromatic carbocycles. The van der Waals surface area contributed by atoms with E-state index in [4.69, 9.17) is 0 Å². The maximum atomic E-state index is 13.2. The number of nitrogens with zero attached hydrogens (tertiary/aromatic N) is 3. The van der Waals surface area contributed by atoms with Gasteiger partial charge in [-0.25, -0.2) is 4.98 Å². The van der Waals surface area contributed by atoms with E-state index in [1.54, 1.807) is 26.1 Å². The average Bonchev–Trinajstić information content (AvgIpc) is 3.22. The molecular weight excluding hydrogens is 472 g/mol. The van der Waals surface area contributed by atoms with Crippen molar-refractivity contribution in [2.24, 2.45) is 7.05 Å². The molecule has 0 unspecified atom stereocenters. The predicted molar refractivity (Wildman–Crippen MR) is 137 cm³/mol. The lowest BCUT2D eigenvalue weighted by Crippen LogP contribution is -2.21. The van der Waals surface area contributed by atoms with Crippen molar-refractivity contribution in [3.63, 3.8) is 0 Å². The number of carbonyl (C=O) groups is 1. The quantitative estimate of drug-likeness (QED) is 0.170. The van der Waals surface area contributed by atoms with Crippen LogP contribution in [0.5, 0.6) is 0 Å². The second-order valence-corrected chi connectivity index (χ2v) is 9.75. The Bertz CT molecular complexity index is 1510. The number of thioether (sulfide) groups is 1. The fourth-order valence-electron chi connectivity index (χ4n) is 3.58. The van der Waals surface area contributed by atoms with Gasteiger partial charge in [0.15, 0.2) is 5.16 Å². The monoisotopic (exact) mass is 494 g/mol. The van der Waals surface area contributed by atoms with E-state index in [2.05, 4.69) is 16.4 Å². The van der Waals surface area contributed by atoms with Crippen LogP contribution in [-0.2, 0) is 11.8 Å². The number of fused-ring (bicyclic) bond motifs is 1. The number of nitrogens with one attached hydrogen (secondary N) is 1. The second kappa shape index (κ2) is 9.40. The lowest BCUT2D eigenvalue weighted by molar-refractivity contribution is -0.384. The van der Waals surface area contributed by atoms with Gasteiger partial charge in [-0.2, -0.15) is 0 Å².